The lowest BCUT2D eigenvalue weighted by atomic mass is 9.86. The predicted octanol–water partition coefficient (Wildman–Crippen LogP) is 5.04. The van der Waals surface area contributed by atoms with Crippen LogP contribution in [0.15, 0.2) is 35.7 Å². The Labute approximate surface area is 153 Å². The van der Waals surface area contributed by atoms with Gasteiger partial charge in [0.25, 0.3) is 5.91 Å². The first-order valence-electron chi connectivity index (χ1n) is 9.27. The van der Waals surface area contributed by atoms with Gasteiger partial charge in [0.05, 0.1) is 11.5 Å². The van der Waals surface area contributed by atoms with Crippen molar-refractivity contribution in [3.05, 3.63) is 51.7 Å². The van der Waals surface area contributed by atoms with Crippen molar-refractivity contribution < 1.29 is 9.53 Å². The molecule has 0 aliphatic heterocycles. The molecule has 2 saturated carbocycles. The zero-order valence-corrected chi connectivity index (χ0v) is 15.6. The van der Waals surface area contributed by atoms with Crippen LogP contribution in [0.2, 0.25) is 0 Å². The molecule has 25 heavy (non-hydrogen) atoms. The summed E-state index contributed by atoms with van der Waals surface area (Å²) in [6, 6.07) is 10.7. The van der Waals surface area contributed by atoms with E-state index in [1.54, 1.807) is 11.3 Å². The van der Waals surface area contributed by atoms with Crippen molar-refractivity contribution in [1.82, 2.24) is 4.90 Å². The summed E-state index contributed by atoms with van der Waals surface area (Å²) in [6.07, 6.45) is 6.20. The molecule has 1 heterocycles. The Morgan fingerprint density at radius 2 is 1.92 bits per heavy atom. The van der Waals surface area contributed by atoms with E-state index >= 15 is 0 Å². The van der Waals surface area contributed by atoms with Crippen LogP contribution in [0.5, 0.6) is 5.75 Å². The van der Waals surface area contributed by atoms with Gasteiger partial charge in [-0.15, -0.1) is 11.3 Å². The Balaban J connectivity index is 1.40. The Morgan fingerprint density at radius 3 is 2.48 bits per heavy atom. The van der Waals surface area contributed by atoms with Crippen LogP contribution >= 0.6 is 11.3 Å². The van der Waals surface area contributed by atoms with E-state index in [0.29, 0.717) is 12.6 Å². The van der Waals surface area contributed by atoms with E-state index in [1.807, 2.05) is 35.4 Å². The lowest BCUT2D eigenvalue weighted by molar-refractivity contribution is 0.0734. The van der Waals surface area contributed by atoms with Crippen molar-refractivity contribution in [2.45, 2.75) is 51.6 Å². The SMILES string of the molecule is Cc1ccsc1C(=O)N(Cc1ccc(OCC2CCC2)cc1)C1CC1. The average molecular weight is 356 g/mol. The van der Waals surface area contributed by atoms with E-state index in [2.05, 4.69) is 12.1 Å². The summed E-state index contributed by atoms with van der Waals surface area (Å²) < 4.78 is 5.87. The second-order valence-corrected chi connectivity index (χ2v) is 8.26. The largest absolute Gasteiger partial charge is 0.493 e. The highest BCUT2D eigenvalue weighted by atomic mass is 32.1. The van der Waals surface area contributed by atoms with E-state index in [0.717, 1.165) is 41.6 Å². The van der Waals surface area contributed by atoms with Crippen molar-refractivity contribution in [1.29, 1.82) is 0 Å². The fourth-order valence-corrected chi connectivity index (χ4v) is 4.12. The minimum Gasteiger partial charge on any atom is -0.493 e. The third-order valence-corrected chi connectivity index (χ3v) is 6.30. The molecular formula is C21H25NO2S. The number of rotatable bonds is 7. The smallest absolute Gasteiger partial charge is 0.264 e. The van der Waals surface area contributed by atoms with Gasteiger partial charge in [0, 0.05) is 12.6 Å². The molecule has 0 unspecified atom stereocenters. The summed E-state index contributed by atoms with van der Waals surface area (Å²) in [4.78, 5) is 15.8. The van der Waals surface area contributed by atoms with Gasteiger partial charge in [0.15, 0.2) is 0 Å². The molecule has 3 nitrogen and oxygen atoms in total. The highest BCUT2D eigenvalue weighted by Crippen LogP contribution is 2.32. The number of nitrogens with zero attached hydrogens (tertiary/aromatic N) is 1. The first-order chi connectivity index (χ1) is 12.2. The van der Waals surface area contributed by atoms with E-state index in [9.17, 15) is 4.79 Å². The lowest BCUT2D eigenvalue weighted by Crippen LogP contribution is -2.32. The fraction of sp³-hybridized carbons (Fsp3) is 0.476. The summed E-state index contributed by atoms with van der Waals surface area (Å²) in [5.41, 5.74) is 2.26. The lowest BCUT2D eigenvalue weighted by Gasteiger charge is -2.25. The Hall–Kier alpha value is -1.81. The second-order valence-electron chi connectivity index (χ2n) is 7.35. The molecule has 0 N–H and O–H groups in total. The summed E-state index contributed by atoms with van der Waals surface area (Å²) in [7, 11) is 0. The number of carbonyl (C=O) groups is 1. The minimum absolute atomic E-state index is 0.181. The molecule has 2 aromatic rings. The first kappa shape index (κ1) is 16.6. The molecule has 132 valence electrons. The standard InChI is InChI=1S/C21H25NO2S/c1-15-11-12-25-20(15)21(23)22(18-7-8-18)13-16-5-9-19(10-6-16)24-14-17-3-2-4-17/h5-6,9-12,17-18H,2-4,7-8,13-14H2,1H3. The van der Waals surface area contributed by atoms with E-state index < -0.39 is 0 Å². The summed E-state index contributed by atoms with van der Waals surface area (Å²) >= 11 is 1.55. The number of aryl methyl sites for hydroxylation is 1. The Morgan fingerprint density at radius 1 is 1.16 bits per heavy atom. The third kappa shape index (κ3) is 3.90. The summed E-state index contributed by atoms with van der Waals surface area (Å²) in [6.45, 7) is 3.54. The van der Waals surface area contributed by atoms with Crippen molar-refractivity contribution >= 4 is 17.2 Å². The van der Waals surface area contributed by atoms with Gasteiger partial charge in [-0.3, -0.25) is 4.79 Å². The number of thiophene rings is 1. The second kappa shape index (κ2) is 7.20. The molecular weight excluding hydrogens is 330 g/mol. The molecule has 1 aromatic heterocycles. The topological polar surface area (TPSA) is 29.5 Å². The maximum Gasteiger partial charge on any atom is 0.264 e. The normalized spacial score (nSPS) is 17.2. The van der Waals surface area contributed by atoms with Crippen molar-refractivity contribution in [2.24, 2.45) is 5.92 Å². The molecule has 1 aromatic carbocycles. The average Bonchev–Trinajstić information content (AvgIpc) is 3.33. The Bertz CT molecular complexity index is 729. The number of carbonyl (C=O) groups excluding carboxylic acids is 1. The van der Waals surface area contributed by atoms with Crippen LogP contribution in [-0.4, -0.2) is 23.5 Å². The van der Waals surface area contributed by atoms with Crippen LogP contribution in [0.4, 0.5) is 0 Å². The maximum atomic E-state index is 12.9. The van der Waals surface area contributed by atoms with E-state index in [-0.39, 0.29) is 5.91 Å². The summed E-state index contributed by atoms with van der Waals surface area (Å²) in [5.74, 6) is 1.87. The molecule has 1 amide bonds. The van der Waals surface area contributed by atoms with Crippen LogP contribution in [0.1, 0.15) is 52.9 Å². The van der Waals surface area contributed by atoms with Crippen LogP contribution in [0, 0.1) is 12.8 Å². The van der Waals surface area contributed by atoms with Crippen molar-refractivity contribution in [3.63, 3.8) is 0 Å². The highest BCUT2D eigenvalue weighted by molar-refractivity contribution is 7.12. The monoisotopic (exact) mass is 355 g/mol. The predicted molar refractivity (Wildman–Crippen MR) is 101 cm³/mol. The number of amides is 1. The molecule has 2 aliphatic carbocycles. The minimum atomic E-state index is 0.181. The van der Waals surface area contributed by atoms with Gasteiger partial charge in [-0.25, -0.2) is 0 Å². The highest BCUT2D eigenvalue weighted by Gasteiger charge is 2.34. The van der Waals surface area contributed by atoms with Gasteiger partial charge >= 0.3 is 0 Å². The zero-order chi connectivity index (χ0) is 17.2. The number of benzene rings is 1. The van der Waals surface area contributed by atoms with Crippen LogP contribution < -0.4 is 4.74 Å². The molecule has 2 aliphatic rings. The molecule has 4 heteroatoms. The zero-order valence-electron chi connectivity index (χ0n) is 14.7. The van der Waals surface area contributed by atoms with Crippen LogP contribution in [-0.2, 0) is 6.54 Å². The molecule has 0 bridgehead atoms. The van der Waals surface area contributed by atoms with Crippen LogP contribution in [0.3, 0.4) is 0 Å². The molecule has 0 spiro atoms. The van der Waals surface area contributed by atoms with Gasteiger partial charge in [-0.05, 0) is 73.2 Å². The first-order valence-corrected chi connectivity index (χ1v) is 10.2. The number of ether oxygens (including phenoxy) is 1. The quantitative estimate of drug-likeness (QED) is 0.696. The van der Waals surface area contributed by atoms with Gasteiger partial charge in [-0.1, -0.05) is 18.6 Å². The molecule has 0 radical (unpaired) electrons. The summed E-state index contributed by atoms with van der Waals surface area (Å²) in [5, 5.41) is 2.00. The van der Waals surface area contributed by atoms with Crippen molar-refractivity contribution in [3.8, 4) is 5.75 Å². The molecule has 0 atom stereocenters. The fourth-order valence-electron chi connectivity index (χ4n) is 3.24. The van der Waals surface area contributed by atoms with Crippen LogP contribution in [0.25, 0.3) is 0 Å². The van der Waals surface area contributed by atoms with E-state index in [4.69, 9.17) is 4.74 Å². The van der Waals surface area contributed by atoms with Gasteiger partial charge in [-0.2, -0.15) is 0 Å². The molecule has 0 saturated heterocycles. The number of hydrogen-bond acceptors (Lipinski definition) is 3. The third-order valence-electron chi connectivity index (χ3n) is 5.29. The maximum absolute atomic E-state index is 12.9. The van der Waals surface area contributed by atoms with Crippen molar-refractivity contribution in [2.75, 3.05) is 6.61 Å². The molecule has 4 rings (SSSR count). The van der Waals surface area contributed by atoms with Gasteiger partial charge in [0.2, 0.25) is 0 Å². The van der Waals surface area contributed by atoms with Gasteiger partial charge < -0.3 is 9.64 Å². The number of hydrogen-bond donors (Lipinski definition) is 0. The van der Waals surface area contributed by atoms with E-state index in [1.165, 1.54) is 24.8 Å². The molecule has 2 fully saturated rings. The Kier molecular flexibility index (Phi) is 4.80. The van der Waals surface area contributed by atoms with Gasteiger partial charge in [0.1, 0.15) is 5.75 Å².